The second-order valence-electron chi connectivity index (χ2n) is 3.44. The smallest absolute Gasteiger partial charge is 0.250 e. The zero-order valence-electron chi connectivity index (χ0n) is 8.53. The molecule has 0 bridgehead atoms. The highest BCUT2D eigenvalue weighted by Gasteiger charge is 2.48. The molecule has 0 saturated heterocycles. The van der Waals surface area contributed by atoms with Crippen molar-refractivity contribution in [1.29, 1.82) is 0 Å². The molecule has 4 nitrogen and oxygen atoms in total. The first kappa shape index (κ1) is 13.0. The Labute approximate surface area is 91.0 Å². The lowest BCUT2D eigenvalue weighted by Crippen LogP contribution is -2.37. The summed E-state index contributed by atoms with van der Waals surface area (Å²) in [6.07, 6.45) is 4.69. The van der Waals surface area contributed by atoms with E-state index >= 15 is 0 Å². The van der Waals surface area contributed by atoms with Gasteiger partial charge in [0.25, 0.3) is 9.84 Å². The van der Waals surface area contributed by atoms with Crippen LogP contribution in [-0.2, 0) is 16.4 Å². The fraction of sp³-hybridized carbons (Fsp3) is 0.625. The van der Waals surface area contributed by atoms with Crippen LogP contribution in [0.2, 0.25) is 0 Å². The molecular formula is C8H12F3N2O2S+. The zero-order chi connectivity index (χ0) is 12.4. The summed E-state index contributed by atoms with van der Waals surface area (Å²) in [6.45, 7) is 1.29. The van der Waals surface area contributed by atoms with Crippen LogP contribution in [0, 0.1) is 0 Å². The number of aromatic amines is 1. The molecule has 0 amide bonds. The lowest BCUT2D eigenvalue weighted by molar-refractivity contribution is -0.695. The molecule has 0 aliphatic carbocycles. The zero-order valence-corrected chi connectivity index (χ0v) is 9.35. The van der Waals surface area contributed by atoms with Crippen molar-refractivity contribution in [3.8, 4) is 0 Å². The Balaban J connectivity index is 2.63. The lowest BCUT2D eigenvalue weighted by atomic mass is 10.3. The first-order chi connectivity index (χ1) is 7.25. The maximum Gasteiger partial charge on any atom is 0.497 e. The summed E-state index contributed by atoms with van der Waals surface area (Å²) in [5.74, 6) is 0. The Bertz CT molecular complexity index is 425. The van der Waals surface area contributed by atoms with Gasteiger partial charge in [0.1, 0.15) is 12.4 Å². The number of imidazole rings is 1. The number of nitrogens with one attached hydrogen (secondary N) is 1. The van der Waals surface area contributed by atoms with Gasteiger partial charge in [-0.15, -0.1) is 0 Å². The van der Waals surface area contributed by atoms with Gasteiger partial charge in [-0.05, 0) is 6.92 Å². The molecule has 0 aliphatic heterocycles. The molecule has 1 unspecified atom stereocenters. The van der Waals surface area contributed by atoms with Crippen molar-refractivity contribution < 1.29 is 26.2 Å². The molecule has 1 aromatic rings. The van der Waals surface area contributed by atoms with Crippen molar-refractivity contribution in [3.63, 3.8) is 0 Å². The van der Waals surface area contributed by atoms with Gasteiger partial charge in [0, 0.05) is 6.42 Å². The third-order valence-electron chi connectivity index (χ3n) is 2.25. The van der Waals surface area contributed by atoms with Crippen molar-refractivity contribution in [2.75, 3.05) is 0 Å². The summed E-state index contributed by atoms with van der Waals surface area (Å²) < 4.78 is 60.0. The van der Waals surface area contributed by atoms with Crippen molar-refractivity contribution in [2.45, 2.75) is 30.6 Å². The maximum atomic E-state index is 12.1. The average Bonchev–Trinajstić information content (AvgIpc) is 2.64. The molecule has 0 radical (unpaired) electrons. The second kappa shape index (κ2) is 4.44. The summed E-state index contributed by atoms with van der Waals surface area (Å²) in [5, 5.41) is -1.44. The van der Waals surface area contributed by atoms with Crippen molar-refractivity contribution in [1.82, 2.24) is 4.98 Å². The van der Waals surface area contributed by atoms with Crippen LogP contribution in [-0.4, -0.2) is 24.2 Å². The molecule has 1 rings (SSSR count). The Hall–Kier alpha value is -1.05. The SMILES string of the molecule is CC(CC[n+]1cc[nH]c1)S(=O)(=O)C(F)(F)F. The number of sulfone groups is 1. The van der Waals surface area contributed by atoms with Crippen LogP contribution in [0.3, 0.4) is 0 Å². The highest BCUT2D eigenvalue weighted by molar-refractivity contribution is 7.92. The van der Waals surface area contributed by atoms with E-state index in [2.05, 4.69) is 4.98 Å². The molecule has 16 heavy (non-hydrogen) atoms. The minimum absolute atomic E-state index is 0.0790. The van der Waals surface area contributed by atoms with Gasteiger partial charge in [0.2, 0.25) is 6.33 Å². The van der Waals surface area contributed by atoms with Crippen LogP contribution in [0.15, 0.2) is 18.7 Å². The molecule has 0 spiro atoms. The molecule has 8 heteroatoms. The van der Waals surface area contributed by atoms with E-state index in [1.165, 1.54) is 0 Å². The van der Waals surface area contributed by atoms with Crippen LogP contribution in [0.5, 0.6) is 0 Å². The monoisotopic (exact) mass is 257 g/mol. The third-order valence-corrected chi connectivity index (χ3v) is 4.19. The number of alkyl halides is 3. The van der Waals surface area contributed by atoms with Crippen molar-refractivity contribution in [3.05, 3.63) is 18.7 Å². The van der Waals surface area contributed by atoms with Crippen LogP contribution >= 0.6 is 0 Å². The Kier molecular flexibility index (Phi) is 3.61. The van der Waals surface area contributed by atoms with E-state index in [1.54, 1.807) is 23.3 Å². The van der Waals surface area contributed by atoms with Gasteiger partial charge < -0.3 is 0 Å². The number of hydrogen-bond acceptors (Lipinski definition) is 2. The minimum Gasteiger partial charge on any atom is -0.250 e. The van der Waals surface area contributed by atoms with E-state index in [0.717, 1.165) is 6.92 Å². The Morgan fingerprint density at radius 1 is 1.44 bits per heavy atom. The molecule has 0 aromatic carbocycles. The summed E-state index contributed by atoms with van der Waals surface area (Å²) in [7, 11) is -5.05. The number of aromatic nitrogens is 2. The summed E-state index contributed by atoms with van der Waals surface area (Å²) in [5.41, 5.74) is -5.17. The number of halogens is 3. The number of aryl methyl sites for hydroxylation is 1. The number of H-pyrrole nitrogens is 1. The molecule has 0 saturated carbocycles. The maximum absolute atomic E-state index is 12.1. The van der Waals surface area contributed by atoms with Gasteiger partial charge >= 0.3 is 5.51 Å². The fourth-order valence-corrected chi connectivity index (χ4v) is 2.05. The van der Waals surface area contributed by atoms with Crippen LogP contribution in [0.1, 0.15) is 13.3 Å². The number of rotatable bonds is 4. The van der Waals surface area contributed by atoms with Gasteiger partial charge in [-0.25, -0.2) is 13.0 Å². The quantitative estimate of drug-likeness (QED) is 0.819. The number of nitrogens with zero attached hydrogens (tertiary/aromatic N) is 1. The summed E-state index contributed by atoms with van der Waals surface area (Å²) >= 11 is 0. The second-order valence-corrected chi connectivity index (χ2v) is 5.80. The van der Waals surface area contributed by atoms with E-state index < -0.39 is 20.6 Å². The standard InChI is InChI=1S/C8H11F3N2O2S/c1-7(16(14,15)8(9,10)11)2-4-13-5-3-12-6-13/h3,5-7H,2,4H2,1H3/p+1. The Morgan fingerprint density at radius 2 is 2.06 bits per heavy atom. The first-order valence-corrected chi connectivity index (χ1v) is 6.12. The fourth-order valence-electron chi connectivity index (χ4n) is 1.17. The molecule has 0 fully saturated rings. The average molecular weight is 257 g/mol. The lowest BCUT2D eigenvalue weighted by Gasteiger charge is -2.13. The normalized spacial score (nSPS) is 15.0. The molecule has 0 aliphatic rings. The Morgan fingerprint density at radius 3 is 2.50 bits per heavy atom. The van der Waals surface area contributed by atoms with Crippen LogP contribution < -0.4 is 4.57 Å². The van der Waals surface area contributed by atoms with Crippen LogP contribution in [0.25, 0.3) is 0 Å². The van der Waals surface area contributed by atoms with E-state index in [4.69, 9.17) is 0 Å². The highest BCUT2D eigenvalue weighted by atomic mass is 32.2. The molecular weight excluding hydrogens is 245 g/mol. The van der Waals surface area contributed by atoms with E-state index in [0.29, 0.717) is 0 Å². The molecule has 1 aromatic heterocycles. The van der Waals surface area contributed by atoms with Gasteiger partial charge in [-0.2, -0.15) is 13.2 Å². The van der Waals surface area contributed by atoms with E-state index in [1.807, 2.05) is 0 Å². The van der Waals surface area contributed by atoms with Crippen LogP contribution in [0.4, 0.5) is 13.2 Å². The van der Waals surface area contributed by atoms with Crippen molar-refractivity contribution >= 4 is 9.84 Å². The van der Waals surface area contributed by atoms with Gasteiger partial charge in [0.05, 0.1) is 11.8 Å². The predicted molar refractivity (Wildman–Crippen MR) is 50.0 cm³/mol. The van der Waals surface area contributed by atoms with E-state index in [9.17, 15) is 21.6 Å². The summed E-state index contributed by atoms with van der Waals surface area (Å²) in [6, 6.07) is 0. The van der Waals surface area contributed by atoms with Gasteiger partial charge in [-0.3, -0.25) is 4.98 Å². The number of hydrogen-bond donors (Lipinski definition) is 1. The topological polar surface area (TPSA) is 53.8 Å². The first-order valence-electron chi connectivity index (χ1n) is 4.57. The van der Waals surface area contributed by atoms with Gasteiger partial charge in [0.15, 0.2) is 0 Å². The van der Waals surface area contributed by atoms with E-state index in [-0.39, 0.29) is 13.0 Å². The third kappa shape index (κ3) is 2.75. The molecule has 92 valence electrons. The van der Waals surface area contributed by atoms with Crippen molar-refractivity contribution in [2.24, 2.45) is 0 Å². The van der Waals surface area contributed by atoms with Gasteiger partial charge in [-0.1, -0.05) is 0 Å². The minimum atomic E-state index is -5.17. The highest BCUT2D eigenvalue weighted by Crippen LogP contribution is 2.28. The predicted octanol–water partition coefficient (Wildman–Crippen LogP) is 1.02. The molecule has 1 N–H and O–H groups in total. The summed E-state index contributed by atoms with van der Waals surface area (Å²) in [4.78, 5) is 2.71. The molecule has 1 atom stereocenters. The molecule has 1 heterocycles. The largest absolute Gasteiger partial charge is 0.497 e.